The summed E-state index contributed by atoms with van der Waals surface area (Å²) in [6.45, 7) is 4.03. The van der Waals surface area contributed by atoms with Gasteiger partial charge in [0.25, 0.3) is 5.91 Å². The van der Waals surface area contributed by atoms with Gasteiger partial charge < -0.3 is 4.90 Å². The fourth-order valence-corrected chi connectivity index (χ4v) is 4.16. The minimum atomic E-state index is -0.127. The maximum atomic E-state index is 12.9. The van der Waals surface area contributed by atoms with Crippen LogP contribution in [-0.2, 0) is 4.79 Å². The van der Waals surface area contributed by atoms with E-state index in [9.17, 15) is 4.79 Å². The van der Waals surface area contributed by atoms with E-state index in [1.165, 1.54) is 11.3 Å². The number of likely N-dealkylation sites (N-methyl/N-ethyl adjacent to an activating group) is 1. The van der Waals surface area contributed by atoms with E-state index < -0.39 is 0 Å². The van der Waals surface area contributed by atoms with Crippen molar-refractivity contribution in [3.8, 4) is 11.3 Å². The monoisotopic (exact) mass is 410 g/mol. The van der Waals surface area contributed by atoms with Gasteiger partial charge in [-0.1, -0.05) is 41.9 Å². The van der Waals surface area contributed by atoms with E-state index >= 15 is 0 Å². The van der Waals surface area contributed by atoms with E-state index in [0.29, 0.717) is 10.7 Å². The van der Waals surface area contributed by atoms with Crippen LogP contribution < -0.4 is 9.70 Å². The lowest BCUT2D eigenvalue weighted by atomic mass is 10.1. The predicted molar refractivity (Wildman–Crippen MR) is 115 cm³/mol. The van der Waals surface area contributed by atoms with E-state index in [1.807, 2.05) is 67.8 Å². The lowest BCUT2D eigenvalue weighted by Gasteiger charge is -2.08. The number of para-hydroxylation sites is 1. The van der Waals surface area contributed by atoms with Gasteiger partial charge in [0.05, 0.1) is 11.4 Å². The molecular weight excluding hydrogens is 392 g/mol. The number of benzene rings is 2. The van der Waals surface area contributed by atoms with Crippen molar-refractivity contribution in [3.05, 3.63) is 69.3 Å². The maximum absolute atomic E-state index is 12.9. The molecule has 0 radical (unpaired) electrons. The van der Waals surface area contributed by atoms with E-state index in [1.54, 1.807) is 16.6 Å². The molecule has 5 nitrogen and oxygen atoms in total. The summed E-state index contributed by atoms with van der Waals surface area (Å²) in [4.78, 5) is 19.9. The third-order valence-corrected chi connectivity index (χ3v) is 5.50. The average Bonchev–Trinajstić information content (AvgIpc) is 3.17. The van der Waals surface area contributed by atoms with Crippen molar-refractivity contribution in [1.29, 1.82) is 0 Å². The Balaban J connectivity index is 1.94. The van der Waals surface area contributed by atoms with E-state index in [2.05, 4.69) is 4.99 Å². The highest BCUT2D eigenvalue weighted by atomic mass is 35.5. The van der Waals surface area contributed by atoms with Gasteiger partial charge in [0.1, 0.15) is 0 Å². The number of fused-ring (bicyclic) bond motifs is 1. The SMILES string of the molecule is CC(C)N=c1scc(-c2ccc(Cl)cc2)n1N=C1C(=O)N(C)c2ccccc21. The van der Waals surface area contributed by atoms with Gasteiger partial charge >= 0.3 is 0 Å². The van der Waals surface area contributed by atoms with Crippen molar-refractivity contribution in [3.63, 3.8) is 0 Å². The highest BCUT2D eigenvalue weighted by molar-refractivity contribution is 7.07. The highest BCUT2D eigenvalue weighted by Gasteiger charge is 2.31. The molecule has 3 aromatic rings. The van der Waals surface area contributed by atoms with Crippen molar-refractivity contribution < 1.29 is 4.79 Å². The Kier molecular flexibility index (Phi) is 4.91. The summed E-state index contributed by atoms with van der Waals surface area (Å²) in [7, 11) is 1.77. The summed E-state index contributed by atoms with van der Waals surface area (Å²) in [6, 6.07) is 15.4. The molecule has 0 spiro atoms. The number of hydrogen-bond donors (Lipinski definition) is 0. The highest BCUT2D eigenvalue weighted by Crippen LogP contribution is 2.29. The number of hydrogen-bond acceptors (Lipinski definition) is 4. The largest absolute Gasteiger partial charge is 0.309 e. The van der Waals surface area contributed by atoms with Gasteiger partial charge in [-0.25, -0.2) is 4.68 Å². The number of carbonyl (C=O) groups excluding carboxylic acids is 1. The molecule has 28 heavy (non-hydrogen) atoms. The van der Waals surface area contributed by atoms with Crippen LogP contribution in [0.5, 0.6) is 0 Å². The molecular formula is C21H19ClN4OS. The third kappa shape index (κ3) is 3.30. The van der Waals surface area contributed by atoms with Crippen LogP contribution >= 0.6 is 22.9 Å². The van der Waals surface area contributed by atoms with E-state index in [4.69, 9.17) is 16.7 Å². The lowest BCUT2D eigenvalue weighted by Crippen LogP contribution is -2.27. The van der Waals surface area contributed by atoms with Crippen molar-refractivity contribution >= 4 is 40.2 Å². The summed E-state index contributed by atoms with van der Waals surface area (Å²) in [5.41, 5.74) is 3.93. The zero-order chi connectivity index (χ0) is 19.8. The average molecular weight is 411 g/mol. The topological polar surface area (TPSA) is 50.0 Å². The molecule has 2 aromatic carbocycles. The predicted octanol–water partition coefficient (Wildman–Crippen LogP) is 4.41. The molecule has 1 aromatic heterocycles. The summed E-state index contributed by atoms with van der Waals surface area (Å²) in [6.07, 6.45) is 0. The normalized spacial score (nSPS) is 15.8. The number of halogens is 1. The fraction of sp³-hybridized carbons (Fsp3) is 0.190. The van der Waals surface area contributed by atoms with E-state index in [-0.39, 0.29) is 11.9 Å². The Labute approximate surface area is 172 Å². The number of nitrogens with zero attached hydrogens (tertiary/aromatic N) is 4. The van der Waals surface area contributed by atoms with Crippen LogP contribution in [0.1, 0.15) is 19.4 Å². The molecule has 0 aliphatic carbocycles. The van der Waals surface area contributed by atoms with Crippen molar-refractivity contribution in [2.75, 3.05) is 11.9 Å². The number of amides is 1. The second kappa shape index (κ2) is 7.37. The van der Waals surface area contributed by atoms with Gasteiger partial charge in [0.15, 0.2) is 5.71 Å². The summed E-state index contributed by atoms with van der Waals surface area (Å²) < 4.78 is 1.76. The zero-order valence-electron chi connectivity index (χ0n) is 15.8. The molecule has 0 N–H and O–H groups in total. The van der Waals surface area contributed by atoms with Gasteiger partial charge in [0, 0.05) is 34.6 Å². The van der Waals surface area contributed by atoms with Gasteiger partial charge in [-0.15, -0.1) is 11.3 Å². The smallest absolute Gasteiger partial charge is 0.279 e. The Hall–Kier alpha value is -2.70. The second-order valence-corrected chi connectivity index (χ2v) is 8.05. The molecule has 0 fully saturated rings. The lowest BCUT2D eigenvalue weighted by molar-refractivity contribution is -0.112. The standard InChI is InChI=1S/C21H19ClN4OS/c1-13(2)23-21-26(18(12-28-21)14-8-10-15(22)11-9-14)24-19-16-6-4-5-7-17(16)25(3)20(19)27/h4-13H,1-3H3. The molecule has 0 bridgehead atoms. The molecule has 142 valence electrons. The second-order valence-electron chi connectivity index (χ2n) is 6.77. The molecule has 4 rings (SSSR count). The summed E-state index contributed by atoms with van der Waals surface area (Å²) >= 11 is 7.54. The number of carbonyl (C=O) groups is 1. The first-order chi connectivity index (χ1) is 13.5. The van der Waals surface area contributed by atoms with Gasteiger partial charge in [-0.05, 0) is 32.0 Å². The molecule has 1 aliphatic rings. The van der Waals surface area contributed by atoms with Crippen molar-refractivity contribution in [1.82, 2.24) is 4.68 Å². The Morgan fingerprint density at radius 2 is 1.79 bits per heavy atom. The first kappa shape index (κ1) is 18.7. The van der Waals surface area contributed by atoms with Crippen LogP contribution in [-0.4, -0.2) is 29.4 Å². The molecule has 2 heterocycles. The first-order valence-corrected chi connectivity index (χ1v) is 10.2. The number of rotatable bonds is 3. The van der Waals surface area contributed by atoms with Crippen LogP contribution in [0.4, 0.5) is 5.69 Å². The molecule has 0 saturated carbocycles. The summed E-state index contributed by atoms with van der Waals surface area (Å²) in [5, 5.41) is 7.44. The van der Waals surface area contributed by atoms with Crippen LogP contribution in [0.2, 0.25) is 5.02 Å². The Morgan fingerprint density at radius 1 is 1.07 bits per heavy atom. The van der Waals surface area contributed by atoms with Crippen LogP contribution in [0.3, 0.4) is 0 Å². The first-order valence-electron chi connectivity index (χ1n) is 8.92. The molecule has 1 amide bonds. The third-order valence-electron chi connectivity index (χ3n) is 4.42. The minimum absolute atomic E-state index is 0.109. The zero-order valence-corrected chi connectivity index (χ0v) is 17.3. The molecule has 0 atom stereocenters. The van der Waals surface area contributed by atoms with Gasteiger partial charge in [-0.2, -0.15) is 5.10 Å². The van der Waals surface area contributed by atoms with Crippen molar-refractivity contribution in [2.24, 2.45) is 10.1 Å². The van der Waals surface area contributed by atoms with Gasteiger partial charge in [-0.3, -0.25) is 9.79 Å². The minimum Gasteiger partial charge on any atom is -0.309 e. The quantitative estimate of drug-likeness (QED) is 0.631. The molecule has 0 unspecified atom stereocenters. The number of anilines is 1. The maximum Gasteiger partial charge on any atom is 0.279 e. The fourth-order valence-electron chi connectivity index (χ4n) is 3.07. The number of thiazole rings is 1. The molecule has 7 heteroatoms. The molecule has 1 aliphatic heterocycles. The van der Waals surface area contributed by atoms with Crippen LogP contribution in [0, 0.1) is 0 Å². The van der Waals surface area contributed by atoms with Crippen molar-refractivity contribution in [2.45, 2.75) is 19.9 Å². The van der Waals surface area contributed by atoms with Crippen LogP contribution in [0.25, 0.3) is 11.3 Å². The van der Waals surface area contributed by atoms with Crippen LogP contribution in [0.15, 0.2) is 64.0 Å². The summed E-state index contributed by atoms with van der Waals surface area (Å²) in [5.74, 6) is -0.127. The van der Waals surface area contributed by atoms with Gasteiger partial charge in [0.2, 0.25) is 4.80 Å². The Morgan fingerprint density at radius 3 is 2.50 bits per heavy atom. The number of aromatic nitrogens is 1. The van der Waals surface area contributed by atoms with E-state index in [0.717, 1.165) is 27.3 Å². The Bertz CT molecular complexity index is 1140. The molecule has 0 saturated heterocycles.